The Morgan fingerprint density at radius 3 is 2.50 bits per heavy atom. The smallest absolute Gasteiger partial charge is 0.320 e. The Balaban J connectivity index is 0.00000323. The van der Waals surface area contributed by atoms with Gasteiger partial charge in [0.25, 0.3) is 0 Å². The molecule has 210 valence electrons. The highest BCUT2D eigenvalue weighted by molar-refractivity contribution is 5.91. The molecule has 2 bridgehead atoms. The standard InChI is InChI=1S/C29H31F2N7O.CH4/c1-4-37-23-12-13-24(37)27(25(23)18-10-11-21(30)22(31)14-18)33-29(39)34-28-17(2)26(19-15-32-36(3)16-19)35-38(28)20-8-6-5-7-9-20;/h5-11,14-16,23-25,27H,4,12-13H2,1-3H3,(H2,33,34,39);1H4/t23-,24+,25+,27+;/m0./s1. The predicted molar refractivity (Wildman–Crippen MR) is 151 cm³/mol. The molecule has 2 saturated heterocycles. The van der Waals surface area contributed by atoms with Crippen molar-refractivity contribution >= 4 is 11.8 Å². The first-order valence-corrected chi connectivity index (χ1v) is 13.3. The van der Waals surface area contributed by atoms with Crippen molar-refractivity contribution in [3.63, 3.8) is 0 Å². The topological polar surface area (TPSA) is 80.0 Å². The Morgan fingerprint density at radius 1 is 1.07 bits per heavy atom. The summed E-state index contributed by atoms with van der Waals surface area (Å²) in [5, 5.41) is 15.4. The number of anilines is 1. The molecule has 0 aliphatic carbocycles. The molecule has 0 unspecified atom stereocenters. The lowest BCUT2D eigenvalue weighted by Crippen LogP contribution is -2.48. The van der Waals surface area contributed by atoms with Gasteiger partial charge >= 0.3 is 6.03 Å². The van der Waals surface area contributed by atoms with Crippen LogP contribution in [0.25, 0.3) is 16.9 Å². The van der Waals surface area contributed by atoms with Gasteiger partial charge in [0.2, 0.25) is 0 Å². The fourth-order valence-corrected chi connectivity index (χ4v) is 6.49. The molecule has 2 aromatic carbocycles. The monoisotopic (exact) mass is 547 g/mol. The van der Waals surface area contributed by atoms with Gasteiger partial charge in [-0.25, -0.2) is 18.3 Å². The number of carbonyl (C=O) groups is 1. The van der Waals surface area contributed by atoms with E-state index in [9.17, 15) is 13.6 Å². The molecule has 40 heavy (non-hydrogen) atoms. The third kappa shape index (κ3) is 4.66. The lowest BCUT2D eigenvalue weighted by atomic mass is 9.80. The first-order valence-electron chi connectivity index (χ1n) is 13.3. The third-order valence-electron chi connectivity index (χ3n) is 8.15. The lowest BCUT2D eigenvalue weighted by molar-refractivity contribution is 0.236. The average molecular weight is 548 g/mol. The van der Waals surface area contributed by atoms with Gasteiger partial charge in [0.05, 0.1) is 17.9 Å². The summed E-state index contributed by atoms with van der Waals surface area (Å²) in [7, 11) is 1.85. The number of urea groups is 1. The Morgan fingerprint density at radius 2 is 1.82 bits per heavy atom. The van der Waals surface area contributed by atoms with Crippen molar-refractivity contribution < 1.29 is 13.6 Å². The van der Waals surface area contributed by atoms with Gasteiger partial charge < -0.3 is 5.32 Å². The molecule has 0 spiro atoms. The van der Waals surface area contributed by atoms with Gasteiger partial charge in [0.1, 0.15) is 11.5 Å². The van der Waals surface area contributed by atoms with Gasteiger partial charge in [-0.2, -0.15) is 10.2 Å². The van der Waals surface area contributed by atoms with Crippen LogP contribution in [0, 0.1) is 18.6 Å². The van der Waals surface area contributed by atoms with E-state index in [0.717, 1.165) is 41.9 Å². The molecule has 2 aromatic heterocycles. The number of carbonyl (C=O) groups excluding carboxylic acids is 1. The molecule has 4 atom stereocenters. The molecule has 4 heterocycles. The summed E-state index contributed by atoms with van der Waals surface area (Å²) in [6, 6.07) is 13.4. The van der Waals surface area contributed by atoms with Crippen molar-refractivity contribution in [2.75, 3.05) is 11.9 Å². The van der Waals surface area contributed by atoms with Gasteiger partial charge in [-0.05, 0) is 56.1 Å². The van der Waals surface area contributed by atoms with Gasteiger partial charge in [-0.15, -0.1) is 0 Å². The van der Waals surface area contributed by atoms with E-state index in [2.05, 4.69) is 27.6 Å². The second kappa shape index (κ2) is 10.8. The molecule has 4 aromatic rings. The molecule has 2 amide bonds. The summed E-state index contributed by atoms with van der Waals surface area (Å²) < 4.78 is 31.4. The minimum atomic E-state index is -0.870. The Hall–Kier alpha value is -4.05. The number of para-hydroxylation sites is 1. The number of halogens is 2. The largest absolute Gasteiger partial charge is 0.333 e. The molecular weight excluding hydrogens is 512 g/mol. The van der Waals surface area contributed by atoms with Crippen LogP contribution in [0.3, 0.4) is 0 Å². The zero-order chi connectivity index (χ0) is 27.3. The van der Waals surface area contributed by atoms with E-state index in [1.54, 1.807) is 21.6 Å². The minimum Gasteiger partial charge on any atom is -0.333 e. The van der Waals surface area contributed by atoms with E-state index in [1.807, 2.05) is 50.5 Å². The second-order valence-corrected chi connectivity index (χ2v) is 10.3. The van der Waals surface area contributed by atoms with Crippen LogP contribution < -0.4 is 10.6 Å². The van der Waals surface area contributed by atoms with Crippen LogP contribution in [-0.2, 0) is 7.05 Å². The number of benzene rings is 2. The van der Waals surface area contributed by atoms with Gasteiger partial charge in [-0.1, -0.05) is 38.6 Å². The van der Waals surface area contributed by atoms with E-state index < -0.39 is 11.6 Å². The summed E-state index contributed by atoms with van der Waals surface area (Å²) in [4.78, 5) is 16.0. The number of aromatic nitrogens is 4. The van der Waals surface area contributed by atoms with Crippen molar-refractivity contribution in [1.82, 2.24) is 29.8 Å². The van der Waals surface area contributed by atoms with Crippen LogP contribution in [0.1, 0.15) is 44.2 Å². The third-order valence-corrected chi connectivity index (χ3v) is 8.15. The van der Waals surface area contributed by atoms with Crippen molar-refractivity contribution in [3.8, 4) is 16.9 Å². The summed E-state index contributed by atoms with van der Waals surface area (Å²) in [5.41, 5.74) is 3.89. The number of aryl methyl sites for hydroxylation is 1. The molecule has 2 fully saturated rings. The normalized spacial score (nSPS) is 21.8. The average Bonchev–Trinajstić information content (AvgIpc) is 3.69. The number of nitrogens with zero attached hydrogens (tertiary/aromatic N) is 5. The summed E-state index contributed by atoms with van der Waals surface area (Å²) in [5.74, 6) is -1.33. The highest BCUT2D eigenvalue weighted by Crippen LogP contribution is 2.47. The zero-order valence-corrected chi connectivity index (χ0v) is 22.1. The van der Waals surface area contributed by atoms with E-state index in [4.69, 9.17) is 5.10 Å². The van der Waals surface area contributed by atoms with Crippen LogP contribution in [0.5, 0.6) is 0 Å². The number of nitrogens with one attached hydrogen (secondary N) is 2. The molecule has 2 aliphatic rings. The molecule has 10 heteroatoms. The highest BCUT2D eigenvalue weighted by atomic mass is 19.2. The van der Waals surface area contributed by atoms with E-state index in [-0.39, 0.29) is 37.5 Å². The van der Waals surface area contributed by atoms with E-state index in [0.29, 0.717) is 11.4 Å². The molecule has 2 aliphatic heterocycles. The van der Waals surface area contributed by atoms with Crippen molar-refractivity contribution in [3.05, 3.63) is 83.7 Å². The number of hydrogen-bond donors (Lipinski definition) is 2. The first kappa shape index (κ1) is 27.5. The number of likely N-dealkylation sites (N-methyl/N-ethyl adjacent to an activating group) is 1. The first-order chi connectivity index (χ1) is 18.9. The van der Waals surface area contributed by atoms with Crippen LogP contribution in [0.15, 0.2) is 60.9 Å². The minimum absolute atomic E-state index is 0. The Labute approximate surface area is 233 Å². The fourth-order valence-electron chi connectivity index (χ4n) is 6.49. The van der Waals surface area contributed by atoms with Gasteiger partial charge in [-0.3, -0.25) is 14.9 Å². The number of rotatable bonds is 6. The summed E-state index contributed by atoms with van der Waals surface area (Å²) >= 11 is 0. The molecule has 8 nitrogen and oxygen atoms in total. The number of hydrogen-bond acceptors (Lipinski definition) is 4. The van der Waals surface area contributed by atoms with Crippen molar-refractivity contribution in [1.29, 1.82) is 0 Å². The predicted octanol–water partition coefficient (Wildman–Crippen LogP) is 5.64. The number of amides is 2. The second-order valence-electron chi connectivity index (χ2n) is 10.3. The molecule has 2 N–H and O–H groups in total. The fraction of sp³-hybridized carbons (Fsp3) is 0.367. The van der Waals surface area contributed by atoms with Gasteiger partial charge in [0.15, 0.2) is 11.6 Å². The molecule has 6 rings (SSSR count). The van der Waals surface area contributed by atoms with Crippen molar-refractivity contribution in [2.24, 2.45) is 7.05 Å². The van der Waals surface area contributed by atoms with Crippen LogP contribution in [0.2, 0.25) is 0 Å². The van der Waals surface area contributed by atoms with E-state index in [1.165, 1.54) is 12.1 Å². The highest BCUT2D eigenvalue weighted by Gasteiger charge is 2.53. The van der Waals surface area contributed by atoms with Crippen LogP contribution in [-0.4, -0.2) is 55.2 Å². The molecule has 0 radical (unpaired) electrons. The maximum Gasteiger partial charge on any atom is 0.320 e. The molecular formula is C30H35F2N7O. The summed E-state index contributed by atoms with van der Waals surface area (Å²) in [6.07, 6.45) is 5.52. The lowest BCUT2D eigenvalue weighted by Gasteiger charge is -2.30. The zero-order valence-electron chi connectivity index (χ0n) is 22.1. The Kier molecular flexibility index (Phi) is 7.46. The van der Waals surface area contributed by atoms with E-state index >= 15 is 0 Å². The van der Waals surface area contributed by atoms with Crippen LogP contribution >= 0.6 is 0 Å². The Bertz CT molecular complexity index is 1520. The van der Waals surface area contributed by atoms with Crippen LogP contribution in [0.4, 0.5) is 19.4 Å². The van der Waals surface area contributed by atoms with Crippen molar-refractivity contribution in [2.45, 2.75) is 58.2 Å². The molecule has 0 saturated carbocycles. The maximum atomic E-state index is 14.2. The van der Waals surface area contributed by atoms with Gasteiger partial charge in [0, 0.05) is 42.4 Å². The number of fused-ring (bicyclic) bond motifs is 2. The quantitative estimate of drug-likeness (QED) is 0.328. The maximum absolute atomic E-state index is 14.2. The summed E-state index contributed by atoms with van der Waals surface area (Å²) in [6.45, 7) is 4.84. The SMILES string of the molecule is C.CCN1[C@@H]2CC[C@H]1[C@@H](c1ccc(F)c(F)c1)[C@@H]2NC(=O)Nc1c(C)c(-c2cnn(C)c2)nn1-c1ccccc1.